The van der Waals surface area contributed by atoms with Crippen LogP contribution in [-0.2, 0) is 4.79 Å². The lowest BCUT2D eigenvalue weighted by Crippen LogP contribution is -2.47. The van der Waals surface area contributed by atoms with Crippen molar-refractivity contribution in [3.63, 3.8) is 0 Å². The van der Waals surface area contributed by atoms with E-state index in [-0.39, 0.29) is 11.9 Å². The van der Waals surface area contributed by atoms with Gasteiger partial charge in [-0.3, -0.25) is 9.69 Å². The van der Waals surface area contributed by atoms with Gasteiger partial charge in [-0.15, -0.1) is 0 Å². The maximum Gasteiger partial charge on any atom is 0.234 e. The van der Waals surface area contributed by atoms with Crippen molar-refractivity contribution in [2.45, 2.75) is 51.6 Å². The zero-order valence-electron chi connectivity index (χ0n) is 9.49. The molecule has 1 aliphatic carbocycles. The van der Waals surface area contributed by atoms with Crippen molar-refractivity contribution in [2.24, 2.45) is 11.7 Å². The van der Waals surface area contributed by atoms with E-state index in [1.807, 2.05) is 14.0 Å². The summed E-state index contributed by atoms with van der Waals surface area (Å²) in [5.41, 5.74) is 5.30. The van der Waals surface area contributed by atoms with Crippen LogP contribution in [0.1, 0.15) is 39.5 Å². The summed E-state index contributed by atoms with van der Waals surface area (Å²) in [5.74, 6) is 0.571. The minimum atomic E-state index is -0.217. The van der Waals surface area contributed by atoms with Gasteiger partial charge in [-0.05, 0) is 32.7 Å². The molecule has 14 heavy (non-hydrogen) atoms. The number of carbonyl (C=O) groups excluding carboxylic acids is 1. The van der Waals surface area contributed by atoms with E-state index < -0.39 is 0 Å². The molecule has 3 atom stereocenters. The topological polar surface area (TPSA) is 46.3 Å². The van der Waals surface area contributed by atoms with Crippen molar-refractivity contribution in [1.29, 1.82) is 0 Å². The number of hydrogen-bond acceptors (Lipinski definition) is 2. The lowest BCUT2D eigenvalue weighted by molar-refractivity contribution is -0.123. The molecule has 0 aromatic carbocycles. The molecule has 3 unspecified atom stereocenters. The average molecular weight is 198 g/mol. The molecule has 0 saturated heterocycles. The van der Waals surface area contributed by atoms with Gasteiger partial charge < -0.3 is 5.73 Å². The van der Waals surface area contributed by atoms with E-state index in [1.165, 1.54) is 25.7 Å². The Bertz CT molecular complexity index is 205. The van der Waals surface area contributed by atoms with Crippen LogP contribution in [0.4, 0.5) is 0 Å². The van der Waals surface area contributed by atoms with Gasteiger partial charge in [0.2, 0.25) is 5.91 Å². The van der Waals surface area contributed by atoms with Crippen molar-refractivity contribution in [2.75, 3.05) is 7.05 Å². The number of likely N-dealkylation sites (N-methyl/N-ethyl adjacent to an activating group) is 1. The Labute approximate surface area is 86.6 Å². The van der Waals surface area contributed by atoms with Crippen LogP contribution in [0.3, 0.4) is 0 Å². The van der Waals surface area contributed by atoms with Crippen LogP contribution in [0.25, 0.3) is 0 Å². The van der Waals surface area contributed by atoms with Gasteiger partial charge in [0, 0.05) is 6.04 Å². The zero-order chi connectivity index (χ0) is 10.7. The Morgan fingerprint density at radius 1 is 1.50 bits per heavy atom. The number of rotatable bonds is 3. The summed E-state index contributed by atoms with van der Waals surface area (Å²) >= 11 is 0. The molecule has 1 amide bonds. The molecule has 1 aliphatic rings. The van der Waals surface area contributed by atoms with E-state index in [2.05, 4.69) is 11.8 Å². The van der Waals surface area contributed by atoms with Gasteiger partial charge in [0.15, 0.2) is 0 Å². The molecule has 0 heterocycles. The van der Waals surface area contributed by atoms with Gasteiger partial charge in [-0.2, -0.15) is 0 Å². The highest BCUT2D eigenvalue weighted by Crippen LogP contribution is 2.27. The number of primary amides is 1. The third-order valence-electron chi connectivity index (χ3n) is 3.51. The minimum Gasteiger partial charge on any atom is -0.368 e. The second kappa shape index (κ2) is 4.78. The Morgan fingerprint density at radius 2 is 2.14 bits per heavy atom. The molecule has 0 bridgehead atoms. The average Bonchev–Trinajstić information content (AvgIpc) is 2.15. The predicted octanol–water partition coefficient (Wildman–Crippen LogP) is 1.37. The van der Waals surface area contributed by atoms with E-state index in [1.54, 1.807) is 0 Å². The lowest BCUT2D eigenvalue weighted by atomic mass is 9.86. The van der Waals surface area contributed by atoms with E-state index >= 15 is 0 Å². The van der Waals surface area contributed by atoms with Gasteiger partial charge in [0.05, 0.1) is 6.04 Å². The first-order valence-corrected chi connectivity index (χ1v) is 5.53. The minimum absolute atomic E-state index is 0.134. The molecule has 0 aliphatic heterocycles. The molecular weight excluding hydrogens is 176 g/mol. The number of nitrogens with two attached hydrogens (primary N) is 1. The van der Waals surface area contributed by atoms with E-state index in [9.17, 15) is 4.79 Å². The third-order valence-corrected chi connectivity index (χ3v) is 3.51. The second-order valence-corrected chi connectivity index (χ2v) is 4.67. The summed E-state index contributed by atoms with van der Waals surface area (Å²) in [4.78, 5) is 13.2. The highest BCUT2D eigenvalue weighted by Gasteiger charge is 2.26. The molecule has 2 N–H and O–H groups in total. The molecule has 3 nitrogen and oxygen atoms in total. The van der Waals surface area contributed by atoms with Crippen molar-refractivity contribution in [1.82, 2.24) is 4.90 Å². The van der Waals surface area contributed by atoms with Crippen LogP contribution in [-0.4, -0.2) is 29.9 Å². The van der Waals surface area contributed by atoms with Crippen molar-refractivity contribution in [3.05, 3.63) is 0 Å². The van der Waals surface area contributed by atoms with Crippen LogP contribution in [0.2, 0.25) is 0 Å². The number of nitrogens with zero attached hydrogens (tertiary/aromatic N) is 1. The molecule has 3 heteroatoms. The number of hydrogen-bond donors (Lipinski definition) is 1. The zero-order valence-corrected chi connectivity index (χ0v) is 9.49. The Balaban J connectivity index is 2.50. The van der Waals surface area contributed by atoms with Crippen molar-refractivity contribution < 1.29 is 4.79 Å². The quantitative estimate of drug-likeness (QED) is 0.744. The highest BCUT2D eigenvalue weighted by atomic mass is 16.1. The van der Waals surface area contributed by atoms with Gasteiger partial charge in [-0.1, -0.05) is 19.8 Å². The summed E-state index contributed by atoms with van der Waals surface area (Å²) in [6.07, 6.45) is 5.02. The first-order chi connectivity index (χ1) is 6.52. The molecule has 1 rings (SSSR count). The van der Waals surface area contributed by atoms with Crippen LogP contribution >= 0.6 is 0 Å². The molecule has 0 aromatic rings. The van der Waals surface area contributed by atoms with Gasteiger partial charge in [0.25, 0.3) is 0 Å². The van der Waals surface area contributed by atoms with Gasteiger partial charge in [-0.25, -0.2) is 0 Å². The Morgan fingerprint density at radius 3 is 2.64 bits per heavy atom. The maximum atomic E-state index is 11.0. The second-order valence-electron chi connectivity index (χ2n) is 4.67. The van der Waals surface area contributed by atoms with Crippen molar-refractivity contribution >= 4 is 5.91 Å². The maximum absolute atomic E-state index is 11.0. The summed E-state index contributed by atoms with van der Waals surface area (Å²) < 4.78 is 0. The third kappa shape index (κ3) is 2.71. The van der Waals surface area contributed by atoms with Crippen LogP contribution < -0.4 is 5.73 Å². The summed E-state index contributed by atoms with van der Waals surface area (Å²) in [6.45, 7) is 4.18. The van der Waals surface area contributed by atoms with Crippen LogP contribution in [0, 0.1) is 5.92 Å². The normalized spacial score (nSPS) is 30.3. The molecule has 1 fully saturated rings. The van der Waals surface area contributed by atoms with Gasteiger partial charge in [0.1, 0.15) is 0 Å². The van der Waals surface area contributed by atoms with Crippen LogP contribution in [0.15, 0.2) is 0 Å². The van der Waals surface area contributed by atoms with E-state index in [0.29, 0.717) is 6.04 Å². The fourth-order valence-electron chi connectivity index (χ4n) is 2.29. The van der Waals surface area contributed by atoms with Crippen LogP contribution in [0.5, 0.6) is 0 Å². The standard InChI is InChI=1S/C11H22N2O/c1-8-5-4-6-10(7-8)13(3)9(2)11(12)14/h8-10H,4-7H2,1-3H3,(H2,12,14). The molecule has 0 aromatic heterocycles. The molecule has 0 radical (unpaired) electrons. The highest BCUT2D eigenvalue weighted by molar-refractivity contribution is 5.79. The van der Waals surface area contributed by atoms with Gasteiger partial charge >= 0.3 is 0 Å². The molecule has 1 saturated carbocycles. The smallest absolute Gasteiger partial charge is 0.234 e. The molecule has 82 valence electrons. The predicted molar refractivity (Wildman–Crippen MR) is 57.8 cm³/mol. The van der Waals surface area contributed by atoms with Crippen molar-refractivity contribution in [3.8, 4) is 0 Å². The summed E-state index contributed by atoms with van der Waals surface area (Å²) in [7, 11) is 2.01. The SMILES string of the molecule is CC1CCCC(N(C)C(C)C(N)=O)C1. The van der Waals surface area contributed by atoms with E-state index in [0.717, 1.165) is 5.92 Å². The Hall–Kier alpha value is -0.570. The fourth-order valence-corrected chi connectivity index (χ4v) is 2.29. The first kappa shape index (κ1) is 11.5. The number of amides is 1. The summed E-state index contributed by atoms with van der Waals surface area (Å²) in [6, 6.07) is 0.409. The molecular formula is C11H22N2O. The monoisotopic (exact) mass is 198 g/mol. The first-order valence-electron chi connectivity index (χ1n) is 5.53. The lowest BCUT2D eigenvalue weighted by Gasteiger charge is -2.36. The Kier molecular flexibility index (Phi) is 3.93. The van der Waals surface area contributed by atoms with E-state index in [4.69, 9.17) is 5.73 Å². The number of carbonyl (C=O) groups is 1. The largest absolute Gasteiger partial charge is 0.368 e. The summed E-state index contributed by atoms with van der Waals surface area (Å²) in [5, 5.41) is 0. The fraction of sp³-hybridized carbons (Fsp3) is 0.909. The molecule has 0 spiro atoms.